The molecule has 0 spiro atoms. The summed E-state index contributed by atoms with van der Waals surface area (Å²) in [5, 5.41) is 10.8. The van der Waals surface area contributed by atoms with Crippen molar-refractivity contribution in [2.45, 2.75) is 13.8 Å². The molecular formula is C18H17N5O3. The Hall–Kier alpha value is -3.55. The van der Waals surface area contributed by atoms with E-state index in [1.807, 2.05) is 32.0 Å². The van der Waals surface area contributed by atoms with Gasteiger partial charge in [0.05, 0.1) is 7.11 Å². The fourth-order valence-electron chi connectivity index (χ4n) is 2.21. The number of hydrogen-bond donors (Lipinski definition) is 1. The number of nitrogens with one attached hydrogen (secondary N) is 1. The van der Waals surface area contributed by atoms with Crippen LogP contribution < -0.4 is 10.1 Å². The third kappa shape index (κ3) is 4.29. The van der Waals surface area contributed by atoms with Crippen molar-refractivity contribution in [3.05, 3.63) is 59.5 Å². The summed E-state index contributed by atoms with van der Waals surface area (Å²) < 4.78 is 10.3. The highest BCUT2D eigenvalue weighted by Gasteiger charge is 2.08. The Kier molecular flexibility index (Phi) is 5.02. The SMILES string of the molecule is COC(=O)c1ccc(Nc2ccc(Oc3nc(C)cc(C)n3)cc2)nn1. The van der Waals surface area contributed by atoms with E-state index >= 15 is 0 Å². The highest BCUT2D eigenvalue weighted by Crippen LogP contribution is 2.22. The summed E-state index contributed by atoms with van der Waals surface area (Å²) in [4.78, 5) is 19.8. The summed E-state index contributed by atoms with van der Waals surface area (Å²) in [7, 11) is 1.29. The fraction of sp³-hybridized carbons (Fsp3) is 0.167. The van der Waals surface area contributed by atoms with Crippen molar-refractivity contribution in [3.63, 3.8) is 0 Å². The molecule has 0 aliphatic heterocycles. The number of esters is 1. The van der Waals surface area contributed by atoms with Gasteiger partial charge in [0, 0.05) is 17.1 Å². The predicted molar refractivity (Wildman–Crippen MR) is 94.7 cm³/mol. The van der Waals surface area contributed by atoms with Gasteiger partial charge in [-0.1, -0.05) is 0 Å². The maximum Gasteiger partial charge on any atom is 0.358 e. The second-order valence-corrected chi connectivity index (χ2v) is 5.48. The fourth-order valence-corrected chi connectivity index (χ4v) is 2.21. The van der Waals surface area contributed by atoms with Crippen molar-refractivity contribution in [2.75, 3.05) is 12.4 Å². The first-order valence-electron chi connectivity index (χ1n) is 7.83. The van der Waals surface area contributed by atoms with Crippen LogP contribution in [0.1, 0.15) is 21.9 Å². The van der Waals surface area contributed by atoms with Crippen molar-refractivity contribution in [2.24, 2.45) is 0 Å². The van der Waals surface area contributed by atoms with Crippen LogP contribution in [-0.4, -0.2) is 33.2 Å². The van der Waals surface area contributed by atoms with Crippen LogP contribution in [0.2, 0.25) is 0 Å². The molecule has 0 radical (unpaired) electrons. The average Bonchev–Trinajstić information content (AvgIpc) is 2.62. The number of nitrogens with zero attached hydrogens (tertiary/aromatic N) is 4. The first-order chi connectivity index (χ1) is 12.5. The zero-order chi connectivity index (χ0) is 18.5. The normalized spacial score (nSPS) is 10.3. The first-order valence-corrected chi connectivity index (χ1v) is 7.83. The number of rotatable bonds is 5. The standard InChI is InChI=1S/C18H17N5O3/c1-11-10-12(2)20-18(19-11)26-14-6-4-13(5-7-14)21-16-9-8-15(22-23-16)17(24)25-3/h4-10H,1-3H3,(H,21,23). The molecule has 8 nitrogen and oxygen atoms in total. The largest absolute Gasteiger partial charge is 0.464 e. The van der Waals surface area contributed by atoms with E-state index in [2.05, 4.69) is 30.2 Å². The van der Waals surface area contributed by atoms with Gasteiger partial charge in [-0.05, 0) is 56.3 Å². The van der Waals surface area contributed by atoms with Gasteiger partial charge in [0.15, 0.2) is 11.5 Å². The lowest BCUT2D eigenvalue weighted by molar-refractivity contribution is 0.0593. The van der Waals surface area contributed by atoms with Crippen LogP contribution in [0.25, 0.3) is 0 Å². The summed E-state index contributed by atoms with van der Waals surface area (Å²) in [5.41, 5.74) is 2.63. The van der Waals surface area contributed by atoms with Gasteiger partial charge in [0.2, 0.25) is 0 Å². The molecule has 26 heavy (non-hydrogen) atoms. The van der Waals surface area contributed by atoms with E-state index in [-0.39, 0.29) is 5.69 Å². The van der Waals surface area contributed by atoms with Gasteiger partial charge in [-0.15, -0.1) is 10.2 Å². The third-order valence-electron chi connectivity index (χ3n) is 3.36. The third-order valence-corrected chi connectivity index (χ3v) is 3.36. The molecular weight excluding hydrogens is 334 g/mol. The summed E-state index contributed by atoms with van der Waals surface area (Å²) >= 11 is 0. The lowest BCUT2D eigenvalue weighted by atomic mass is 10.3. The zero-order valence-corrected chi connectivity index (χ0v) is 14.6. The van der Waals surface area contributed by atoms with E-state index in [1.165, 1.54) is 13.2 Å². The molecule has 0 atom stereocenters. The molecule has 3 rings (SSSR count). The van der Waals surface area contributed by atoms with Gasteiger partial charge in [-0.2, -0.15) is 0 Å². The van der Waals surface area contributed by atoms with E-state index in [0.29, 0.717) is 17.6 Å². The highest BCUT2D eigenvalue weighted by atomic mass is 16.5. The predicted octanol–water partition coefficient (Wildman–Crippen LogP) is 3.21. The molecule has 8 heteroatoms. The van der Waals surface area contributed by atoms with Crippen molar-refractivity contribution in [1.29, 1.82) is 0 Å². The van der Waals surface area contributed by atoms with Gasteiger partial charge in [-0.25, -0.2) is 14.8 Å². The molecule has 2 heterocycles. The Bertz CT molecular complexity index is 891. The van der Waals surface area contributed by atoms with Crippen molar-refractivity contribution in [1.82, 2.24) is 20.2 Å². The van der Waals surface area contributed by atoms with Crippen LogP contribution in [-0.2, 0) is 4.74 Å². The van der Waals surface area contributed by atoms with E-state index < -0.39 is 5.97 Å². The Morgan fingerprint density at radius 2 is 1.65 bits per heavy atom. The number of methoxy groups -OCH3 is 1. The van der Waals surface area contributed by atoms with Gasteiger partial charge < -0.3 is 14.8 Å². The van der Waals surface area contributed by atoms with E-state index in [0.717, 1.165) is 17.1 Å². The molecule has 1 aromatic carbocycles. The van der Waals surface area contributed by atoms with Gasteiger partial charge >= 0.3 is 12.0 Å². The molecule has 0 saturated carbocycles. The van der Waals surface area contributed by atoms with Gasteiger partial charge in [-0.3, -0.25) is 0 Å². The van der Waals surface area contributed by atoms with E-state index in [4.69, 9.17) is 4.74 Å². The molecule has 0 saturated heterocycles. The van der Waals surface area contributed by atoms with Gasteiger partial charge in [0.25, 0.3) is 0 Å². The minimum atomic E-state index is -0.529. The van der Waals surface area contributed by atoms with E-state index in [1.54, 1.807) is 18.2 Å². The molecule has 132 valence electrons. The lowest BCUT2D eigenvalue weighted by Crippen LogP contribution is -2.06. The van der Waals surface area contributed by atoms with Crippen LogP contribution in [0.4, 0.5) is 11.5 Å². The summed E-state index contributed by atoms with van der Waals surface area (Å²) in [6.45, 7) is 3.78. The first kappa shape index (κ1) is 17.3. The number of hydrogen-bond acceptors (Lipinski definition) is 8. The molecule has 2 aromatic heterocycles. The molecule has 3 aromatic rings. The molecule has 0 aliphatic carbocycles. The Labute approximate surface area is 150 Å². The summed E-state index contributed by atoms with van der Waals surface area (Å²) in [6.07, 6.45) is 0. The number of aromatic nitrogens is 4. The number of aryl methyl sites for hydroxylation is 2. The zero-order valence-electron chi connectivity index (χ0n) is 14.6. The summed E-state index contributed by atoms with van der Waals surface area (Å²) in [5.74, 6) is 0.593. The number of anilines is 2. The quantitative estimate of drug-likeness (QED) is 0.700. The summed E-state index contributed by atoms with van der Waals surface area (Å²) in [6, 6.07) is 12.6. The smallest absolute Gasteiger partial charge is 0.358 e. The second-order valence-electron chi connectivity index (χ2n) is 5.48. The molecule has 0 bridgehead atoms. The van der Waals surface area contributed by atoms with Crippen molar-refractivity contribution < 1.29 is 14.3 Å². The number of benzene rings is 1. The van der Waals surface area contributed by atoms with E-state index in [9.17, 15) is 4.79 Å². The minimum absolute atomic E-state index is 0.148. The van der Waals surface area contributed by atoms with Crippen molar-refractivity contribution >= 4 is 17.5 Å². The molecule has 0 amide bonds. The van der Waals surface area contributed by atoms with Crippen LogP contribution in [0.3, 0.4) is 0 Å². The number of carbonyl (C=O) groups is 1. The average molecular weight is 351 g/mol. The number of carbonyl (C=O) groups excluding carboxylic acids is 1. The van der Waals surface area contributed by atoms with Crippen LogP contribution in [0.15, 0.2) is 42.5 Å². The number of ether oxygens (including phenoxy) is 2. The highest BCUT2D eigenvalue weighted by molar-refractivity contribution is 5.87. The Morgan fingerprint density at radius 3 is 2.23 bits per heavy atom. The topological polar surface area (TPSA) is 99.1 Å². The van der Waals surface area contributed by atoms with Gasteiger partial charge in [0.1, 0.15) is 5.75 Å². The molecule has 0 fully saturated rings. The Balaban J connectivity index is 1.66. The molecule has 0 aliphatic rings. The molecule has 1 N–H and O–H groups in total. The lowest BCUT2D eigenvalue weighted by Gasteiger charge is -2.08. The molecule has 0 unspecified atom stereocenters. The second kappa shape index (κ2) is 7.56. The monoisotopic (exact) mass is 351 g/mol. The minimum Gasteiger partial charge on any atom is -0.464 e. The maximum atomic E-state index is 11.3. The Morgan fingerprint density at radius 1 is 0.962 bits per heavy atom. The van der Waals surface area contributed by atoms with Crippen LogP contribution in [0, 0.1) is 13.8 Å². The van der Waals surface area contributed by atoms with Crippen LogP contribution in [0.5, 0.6) is 11.8 Å². The maximum absolute atomic E-state index is 11.3. The van der Waals surface area contributed by atoms with Crippen LogP contribution >= 0.6 is 0 Å². The van der Waals surface area contributed by atoms with Crippen molar-refractivity contribution in [3.8, 4) is 11.8 Å².